The normalized spacial score (nSPS) is 12.6. The van der Waals surface area contributed by atoms with Crippen molar-refractivity contribution in [3.63, 3.8) is 0 Å². The van der Waals surface area contributed by atoms with Gasteiger partial charge in [0.15, 0.2) is 0 Å². The third-order valence-corrected chi connectivity index (χ3v) is 5.46. The maximum absolute atomic E-state index is 13.2. The van der Waals surface area contributed by atoms with E-state index in [4.69, 9.17) is 0 Å². The highest BCUT2D eigenvalue weighted by atomic mass is 32.2. The van der Waals surface area contributed by atoms with Gasteiger partial charge in [-0.3, -0.25) is 9.10 Å². The predicted molar refractivity (Wildman–Crippen MR) is 106 cm³/mol. The Kier molecular flexibility index (Phi) is 5.14. The van der Waals surface area contributed by atoms with Crippen molar-refractivity contribution in [1.82, 2.24) is 0 Å². The second-order valence-electron chi connectivity index (χ2n) is 6.23. The van der Waals surface area contributed by atoms with E-state index in [1.807, 2.05) is 36.4 Å². The van der Waals surface area contributed by atoms with Crippen molar-refractivity contribution in [3.05, 3.63) is 72.5 Å². The molecule has 0 saturated carbocycles. The summed E-state index contributed by atoms with van der Waals surface area (Å²) in [4.78, 5) is 12.8. The van der Waals surface area contributed by atoms with Crippen molar-refractivity contribution < 1.29 is 17.6 Å². The van der Waals surface area contributed by atoms with Crippen molar-refractivity contribution >= 4 is 38.1 Å². The maximum atomic E-state index is 13.2. The van der Waals surface area contributed by atoms with E-state index >= 15 is 0 Å². The highest BCUT2D eigenvalue weighted by Crippen LogP contribution is 2.25. The molecule has 0 aliphatic carbocycles. The van der Waals surface area contributed by atoms with Crippen LogP contribution in [0.15, 0.2) is 66.7 Å². The van der Waals surface area contributed by atoms with Crippen LogP contribution in [0.25, 0.3) is 10.8 Å². The van der Waals surface area contributed by atoms with Crippen LogP contribution in [0.2, 0.25) is 0 Å². The van der Waals surface area contributed by atoms with Gasteiger partial charge in [0, 0.05) is 11.1 Å². The second-order valence-corrected chi connectivity index (χ2v) is 8.09. The Morgan fingerprint density at radius 2 is 1.63 bits per heavy atom. The summed E-state index contributed by atoms with van der Waals surface area (Å²) < 4.78 is 38.7. The number of sulfonamides is 1. The molecule has 0 unspecified atom stereocenters. The first kappa shape index (κ1) is 18.8. The third kappa shape index (κ3) is 4.09. The quantitative estimate of drug-likeness (QED) is 0.726. The van der Waals surface area contributed by atoms with Crippen LogP contribution in [0.5, 0.6) is 0 Å². The molecule has 3 aromatic rings. The van der Waals surface area contributed by atoms with E-state index in [2.05, 4.69) is 5.32 Å². The van der Waals surface area contributed by atoms with E-state index in [0.717, 1.165) is 33.5 Å². The molecule has 1 atom stereocenters. The fourth-order valence-electron chi connectivity index (χ4n) is 2.97. The van der Waals surface area contributed by atoms with E-state index in [1.165, 1.54) is 19.1 Å². The molecule has 0 aliphatic heterocycles. The molecule has 0 spiro atoms. The molecule has 3 aromatic carbocycles. The molecule has 0 bridgehead atoms. The van der Waals surface area contributed by atoms with Gasteiger partial charge in [0.25, 0.3) is 0 Å². The lowest BCUT2D eigenvalue weighted by Crippen LogP contribution is -2.45. The summed E-state index contributed by atoms with van der Waals surface area (Å²) >= 11 is 0. The molecule has 0 radical (unpaired) electrons. The number of benzene rings is 3. The van der Waals surface area contributed by atoms with Gasteiger partial charge < -0.3 is 5.32 Å². The van der Waals surface area contributed by atoms with Gasteiger partial charge in [-0.25, -0.2) is 12.8 Å². The Labute approximate surface area is 157 Å². The molecular formula is C20H19FN2O3S. The molecule has 140 valence electrons. The first-order valence-electron chi connectivity index (χ1n) is 8.31. The number of hydrogen-bond acceptors (Lipinski definition) is 3. The Bertz CT molecular complexity index is 1080. The van der Waals surface area contributed by atoms with E-state index in [9.17, 15) is 17.6 Å². The van der Waals surface area contributed by atoms with E-state index in [1.54, 1.807) is 6.07 Å². The predicted octanol–water partition coefficient (Wildman–Crippen LogP) is 3.77. The number of amides is 1. The number of anilines is 2. The number of rotatable bonds is 5. The van der Waals surface area contributed by atoms with Crippen molar-refractivity contribution in [1.29, 1.82) is 0 Å². The molecule has 3 rings (SSSR count). The fraction of sp³-hybridized carbons (Fsp3) is 0.150. The topological polar surface area (TPSA) is 66.5 Å². The number of hydrogen-bond donors (Lipinski definition) is 1. The molecule has 1 amide bonds. The van der Waals surface area contributed by atoms with Gasteiger partial charge in [-0.2, -0.15) is 0 Å². The van der Waals surface area contributed by atoms with Crippen LogP contribution in [0.1, 0.15) is 6.92 Å². The molecule has 0 aromatic heterocycles. The summed E-state index contributed by atoms with van der Waals surface area (Å²) in [6.07, 6.45) is 1.01. The first-order valence-corrected chi connectivity index (χ1v) is 10.2. The molecule has 7 heteroatoms. The molecule has 0 aliphatic rings. The number of nitrogens with zero attached hydrogens (tertiary/aromatic N) is 1. The van der Waals surface area contributed by atoms with Crippen LogP contribution in [-0.2, 0) is 14.8 Å². The van der Waals surface area contributed by atoms with Crippen molar-refractivity contribution in [2.45, 2.75) is 13.0 Å². The van der Waals surface area contributed by atoms with Gasteiger partial charge in [-0.05, 0) is 42.6 Å². The number of carbonyl (C=O) groups excluding carboxylic acids is 1. The van der Waals surface area contributed by atoms with Gasteiger partial charge in [0.1, 0.15) is 11.9 Å². The zero-order valence-corrected chi connectivity index (χ0v) is 15.7. The number of fused-ring (bicyclic) bond motifs is 1. The lowest BCUT2D eigenvalue weighted by molar-refractivity contribution is -0.116. The number of nitrogens with one attached hydrogen (secondary N) is 1. The van der Waals surface area contributed by atoms with Crippen LogP contribution >= 0.6 is 0 Å². The van der Waals surface area contributed by atoms with Gasteiger partial charge in [-0.15, -0.1) is 0 Å². The van der Waals surface area contributed by atoms with Crippen molar-refractivity contribution in [2.75, 3.05) is 15.9 Å². The summed E-state index contributed by atoms with van der Waals surface area (Å²) in [6, 6.07) is 17.0. The molecule has 1 N–H and O–H groups in total. The zero-order valence-electron chi connectivity index (χ0n) is 14.9. The number of halogens is 1. The second kappa shape index (κ2) is 7.36. The van der Waals surface area contributed by atoms with Gasteiger partial charge in [-0.1, -0.05) is 36.4 Å². The SMILES string of the molecule is C[C@@H](C(=O)Nc1cccc2ccccc12)N(c1ccc(F)cc1)S(C)(=O)=O. The van der Waals surface area contributed by atoms with Gasteiger partial charge in [0.2, 0.25) is 15.9 Å². The van der Waals surface area contributed by atoms with Crippen LogP contribution in [0, 0.1) is 5.82 Å². The van der Waals surface area contributed by atoms with Crippen molar-refractivity contribution in [2.24, 2.45) is 0 Å². The van der Waals surface area contributed by atoms with E-state index in [-0.39, 0.29) is 5.69 Å². The van der Waals surface area contributed by atoms with Crippen LogP contribution in [0.4, 0.5) is 15.8 Å². The largest absolute Gasteiger partial charge is 0.324 e. The minimum absolute atomic E-state index is 0.222. The molecule has 5 nitrogen and oxygen atoms in total. The maximum Gasteiger partial charge on any atom is 0.248 e. The lowest BCUT2D eigenvalue weighted by Gasteiger charge is -2.28. The van der Waals surface area contributed by atoms with Crippen molar-refractivity contribution in [3.8, 4) is 0 Å². The summed E-state index contributed by atoms with van der Waals surface area (Å²) in [7, 11) is -3.76. The summed E-state index contributed by atoms with van der Waals surface area (Å²) in [5.74, 6) is -0.971. The van der Waals surface area contributed by atoms with Crippen LogP contribution in [0.3, 0.4) is 0 Å². The standard InChI is InChI=1S/C20H19FN2O3S/c1-14(23(27(2,25)26)17-12-10-16(21)11-13-17)20(24)22-19-9-5-7-15-6-3-4-8-18(15)19/h3-14H,1-2H3,(H,22,24)/t14-/m0/s1. The smallest absolute Gasteiger partial charge is 0.248 e. The Morgan fingerprint density at radius 3 is 2.30 bits per heavy atom. The monoisotopic (exact) mass is 386 g/mol. The van der Waals surface area contributed by atoms with E-state index < -0.39 is 27.8 Å². The molecule has 0 fully saturated rings. The molecule has 0 heterocycles. The van der Waals surface area contributed by atoms with Gasteiger partial charge >= 0.3 is 0 Å². The Hall–Kier alpha value is -2.93. The summed E-state index contributed by atoms with van der Waals surface area (Å²) in [5.41, 5.74) is 0.817. The highest BCUT2D eigenvalue weighted by molar-refractivity contribution is 7.92. The number of carbonyl (C=O) groups is 1. The van der Waals surface area contributed by atoms with E-state index in [0.29, 0.717) is 5.69 Å². The van der Waals surface area contributed by atoms with Gasteiger partial charge in [0.05, 0.1) is 11.9 Å². The highest BCUT2D eigenvalue weighted by Gasteiger charge is 2.29. The minimum atomic E-state index is -3.76. The zero-order chi connectivity index (χ0) is 19.6. The molecule has 27 heavy (non-hydrogen) atoms. The first-order chi connectivity index (χ1) is 12.8. The lowest BCUT2D eigenvalue weighted by atomic mass is 10.1. The summed E-state index contributed by atoms with van der Waals surface area (Å²) in [5, 5.41) is 4.61. The molecular weight excluding hydrogens is 367 g/mol. The average Bonchev–Trinajstić information content (AvgIpc) is 2.62. The third-order valence-electron chi connectivity index (χ3n) is 4.22. The summed E-state index contributed by atoms with van der Waals surface area (Å²) in [6.45, 7) is 1.49. The minimum Gasteiger partial charge on any atom is -0.324 e. The van der Waals surface area contributed by atoms with Crippen LogP contribution < -0.4 is 9.62 Å². The fourth-order valence-corrected chi connectivity index (χ4v) is 4.14. The van der Waals surface area contributed by atoms with Crippen LogP contribution in [-0.4, -0.2) is 26.6 Å². The average molecular weight is 386 g/mol. The Morgan fingerprint density at radius 1 is 1.00 bits per heavy atom. The Balaban J connectivity index is 1.93. The molecule has 0 saturated heterocycles.